The number of fused-ring (bicyclic) bond motifs is 1. The minimum Gasteiger partial charge on any atom is -0.237 e. The van der Waals surface area contributed by atoms with Gasteiger partial charge in [-0.15, -0.1) is 0 Å². The molecular weight excluding hydrogens is 302 g/mol. The summed E-state index contributed by atoms with van der Waals surface area (Å²) in [5.74, 6) is 0. The van der Waals surface area contributed by atoms with Gasteiger partial charge in [-0.05, 0) is 18.2 Å². The van der Waals surface area contributed by atoms with Crippen LogP contribution in [-0.4, -0.2) is 14.6 Å². The monoisotopic (exact) mass is 307 g/mol. The van der Waals surface area contributed by atoms with Crippen LogP contribution in [0.25, 0.3) is 16.9 Å². The second kappa shape index (κ2) is 4.13. The Bertz CT molecular complexity index is 693. The molecule has 3 nitrogen and oxygen atoms in total. The van der Waals surface area contributed by atoms with E-state index in [0.29, 0.717) is 5.15 Å². The molecule has 0 fully saturated rings. The highest BCUT2D eigenvalue weighted by Crippen LogP contribution is 2.23. The van der Waals surface area contributed by atoms with E-state index in [4.69, 9.17) is 11.6 Å². The molecule has 0 amide bonds. The number of hydrogen-bond acceptors (Lipinski definition) is 2. The minimum absolute atomic E-state index is 0.552. The van der Waals surface area contributed by atoms with Gasteiger partial charge < -0.3 is 0 Å². The molecule has 3 rings (SSSR count). The molecular formula is C12H7BrClN3. The van der Waals surface area contributed by atoms with Gasteiger partial charge in [-0.1, -0.05) is 39.7 Å². The van der Waals surface area contributed by atoms with Crippen LogP contribution in [-0.2, 0) is 0 Å². The second-order valence-corrected chi connectivity index (χ2v) is 4.88. The topological polar surface area (TPSA) is 30.2 Å². The number of nitrogens with zero attached hydrogens (tertiary/aromatic N) is 3. The molecule has 84 valence electrons. The summed E-state index contributed by atoms with van der Waals surface area (Å²) in [7, 11) is 0. The normalized spacial score (nSPS) is 10.9. The Morgan fingerprint density at radius 2 is 2.06 bits per heavy atom. The van der Waals surface area contributed by atoms with E-state index in [1.807, 2.05) is 30.3 Å². The largest absolute Gasteiger partial charge is 0.237 e. The lowest BCUT2D eigenvalue weighted by atomic mass is 10.2. The Morgan fingerprint density at radius 1 is 1.18 bits per heavy atom. The van der Waals surface area contributed by atoms with Crippen LogP contribution in [0.4, 0.5) is 0 Å². The molecule has 1 aromatic carbocycles. The molecule has 2 aromatic heterocycles. The number of benzene rings is 1. The Morgan fingerprint density at radius 3 is 2.82 bits per heavy atom. The number of hydrogen-bond donors (Lipinski definition) is 0. The first-order chi connectivity index (χ1) is 8.24. The lowest BCUT2D eigenvalue weighted by Gasteiger charge is -1.96. The lowest BCUT2D eigenvalue weighted by molar-refractivity contribution is 0.944. The molecule has 0 aliphatic heterocycles. The van der Waals surface area contributed by atoms with Crippen molar-refractivity contribution in [2.75, 3.05) is 0 Å². The number of aromatic nitrogens is 3. The van der Waals surface area contributed by atoms with Crippen molar-refractivity contribution in [2.45, 2.75) is 0 Å². The summed E-state index contributed by atoms with van der Waals surface area (Å²) in [4.78, 5) is 4.21. The Labute approximate surface area is 111 Å². The summed E-state index contributed by atoms with van der Waals surface area (Å²) in [6.07, 6.45) is 1.67. The molecule has 3 aromatic rings. The highest BCUT2D eigenvalue weighted by Gasteiger charge is 2.07. The molecule has 0 spiro atoms. The van der Waals surface area contributed by atoms with Crippen LogP contribution in [0.1, 0.15) is 0 Å². The van der Waals surface area contributed by atoms with Gasteiger partial charge in [0.1, 0.15) is 5.15 Å². The maximum absolute atomic E-state index is 6.04. The zero-order chi connectivity index (χ0) is 11.8. The summed E-state index contributed by atoms with van der Waals surface area (Å²) < 4.78 is 2.64. The van der Waals surface area contributed by atoms with Crippen molar-refractivity contribution in [3.63, 3.8) is 0 Å². The van der Waals surface area contributed by atoms with Crippen LogP contribution >= 0.6 is 27.5 Å². The van der Waals surface area contributed by atoms with Crippen molar-refractivity contribution >= 4 is 33.2 Å². The average molecular weight is 309 g/mol. The first-order valence-electron chi connectivity index (χ1n) is 5.00. The molecule has 0 radical (unpaired) electrons. The van der Waals surface area contributed by atoms with Crippen LogP contribution in [0, 0.1) is 0 Å². The van der Waals surface area contributed by atoms with Crippen molar-refractivity contribution in [3.8, 4) is 11.3 Å². The molecule has 0 bridgehead atoms. The maximum Gasteiger partial charge on any atom is 0.157 e. The Balaban J connectivity index is 2.22. The molecule has 2 heterocycles. The highest BCUT2D eigenvalue weighted by atomic mass is 79.9. The van der Waals surface area contributed by atoms with Gasteiger partial charge in [0, 0.05) is 22.3 Å². The van der Waals surface area contributed by atoms with E-state index < -0.39 is 0 Å². The van der Waals surface area contributed by atoms with Crippen molar-refractivity contribution in [3.05, 3.63) is 52.2 Å². The van der Waals surface area contributed by atoms with Crippen molar-refractivity contribution in [1.82, 2.24) is 14.6 Å². The minimum atomic E-state index is 0.552. The zero-order valence-corrected chi connectivity index (χ0v) is 11.0. The molecule has 0 aliphatic carbocycles. The van der Waals surface area contributed by atoms with Gasteiger partial charge in [0.25, 0.3) is 0 Å². The van der Waals surface area contributed by atoms with Gasteiger partial charge in [-0.2, -0.15) is 5.10 Å². The van der Waals surface area contributed by atoms with Crippen molar-refractivity contribution in [1.29, 1.82) is 0 Å². The van der Waals surface area contributed by atoms with Gasteiger partial charge in [-0.25, -0.2) is 9.50 Å². The highest BCUT2D eigenvalue weighted by molar-refractivity contribution is 9.10. The molecule has 17 heavy (non-hydrogen) atoms. The predicted molar refractivity (Wildman–Crippen MR) is 71.1 cm³/mol. The van der Waals surface area contributed by atoms with Gasteiger partial charge in [0.2, 0.25) is 0 Å². The summed E-state index contributed by atoms with van der Waals surface area (Å²) in [5.41, 5.74) is 2.63. The summed E-state index contributed by atoms with van der Waals surface area (Å²) in [5, 5.41) is 4.98. The van der Waals surface area contributed by atoms with E-state index in [-0.39, 0.29) is 0 Å². The standard InChI is InChI=1S/C12H7BrClN3/c13-9-3-1-2-8(6-9)10-7-12-15-5-4-11(14)17(12)16-10/h1-7H. The molecule has 0 saturated carbocycles. The Hall–Kier alpha value is -1.39. The van der Waals surface area contributed by atoms with Gasteiger partial charge in [-0.3, -0.25) is 0 Å². The predicted octanol–water partition coefficient (Wildman–Crippen LogP) is 3.81. The van der Waals surface area contributed by atoms with Crippen molar-refractivity contribution in [2.24, 2.45) is 0 Å². The van der Waals surface area contributed by atoms with Crippen molar-refractivity contribution < 1.29 is 0 Å². The summed E-state index contributed by atoms with van der Waals surface area (Å²) in [6.45, 7) is 0. The molecule has 0 saturated heterocycles. The summed E-state index contributed by atoms with van der Waals surface area (Å²) >= 11 is 9.48. The lowest BCUT2D eigenvalue weighted by Crippen LogP contribution is -1.90. The second-order valence-electron chi connectivity index (χ2n) is 3.58. The van der Waals surface area contributed by atoms with Crippen LogP contribution in [0.15, 0.2) is 47.1 Å². The third-order valence-electron chi connectivity index (χ3n) is 2.43. The van der Waals surface area contributed by atoms with Gasteiger partial charge in [0.15, 0.2) is 5.65 Å². The third-order valence-corrected chi connectivity index (χ3v) is 3.21. The smallest absolute Gasteiger partial charge is 0.157 e. The van der Waals surface area contributed by atoms with Crippen LogP contribution in [0.3, 0.4) is 0 Å². The van der Waals surface area contributed by atoms with Gasteiger partial charge in [0.05, 0.1) is 5.69 Å². The van der Waals surface area contributed by atoms with Crippen LogP contribution < -0.4 is 0 Å². The van der Waals surface area contributed by atoms with E-state index in [9.17, 15) is 0 Å². The molecule has 0 atom stereocenters. The zero-order valence-electron chi connectivity index (χ0n) is 8.64. The van der Waals surface area contributed by atoms with E-state index in [1.54, 1.807) is 16.8 Å². The maximum atomic E-state index is 6.04. The van der Waals surface area contributed by atoms with E-state index >= 15 is 0 Å². The van der Waals surface area contributed by atoms with Crippen LogP contribution in [0.2, 0.25) is 5.15 Å². The number of halogens is 2. The molecule has 0 unspecified atom stereocenters. The SMILES string of the molecule is Clc1ccnc2cc(-c3cccc(Br)c3)nn12. The average Bonchev–Trinajstić information content (AvgIpc) is 2.74. The van der Waals surface area contributed by atoms with E-state index in [0.717, 1.165) is 21.4 Å². The fourth-order valence-corrected chi connectivity index (χ4v) is 2.23. The first kappa shape index (κ1) is 10.7. The molecule has 5 heteroatoms. The fraction of sp³-hybridized carbons (Fsp3) is 0. The van der Waals surface area contributed by atoms with Crippen LogP contribution in [0.5, 0.6) is 0 Å². The molecule has 0 N–H and O–H groups in total. The number of rotatable bonds is 1. The molecule has 0 aliphatic rings. The third kappa shape index (κ3) is 1.94. The van der Waals surface area contributed by atoms with E-state index in [1.165, 1.54) is 0 Å². The summed E-state index contributed by atoms with van der Waals surface area (Å²) in [6, 6.07) is 11.6. The van der Waals surface area contributed by atoms with E-state index in [2.05, 4.69) is 26.0 Å². The first-order valence-corrected chi connectivity index (χ1v) is 6.17. The quantitative estimate of drug-likeness (QED) is 0.640. The Kier molecular flexibility index (Phi) is 2.61. The van der Waals surface area contributed by atoms with Gasteiger partial charge >= 0.3 is 0 Å². The fourth-order valence-electron chi connectivity index (χ4n) is 1.66.